The van der Waals surface area contributed by atoms with Crippen LogP contribution in [0, 0.1) is 5.82 Å². The van der Waals surface area contributed by atoms with Crippen molar-refractivity contribution < 1.29 is 8.91 Å². The number of nitrogens with one attached hydrogen (secondary N) is 1. The van der Waals surface area contributed by atoms with Crippen LogP contribution in [0.15, 0.2) is 27.2 Å². The summed E-state index contributed by atoms with van der Waals surface area (Å²) in [6.07, 6.45) is 0. The van der Waals surface area contributed by atoms with Gasteiger partial charge in [-0.15, -0.1) is 12.4 Å². The van der Waals surface area contributed by atoms with Crippen molar-refractivity contribution in [3.8, 4) is 11.5 Å². The van der Waals surface area contributed by atoms with Gasteiger partial charge in [-0.1, -0.05) is 5.16 Å². The highest BCUT2D eigenvalue weighted by Gasteiger charge is 2.25. The monoisotopic (exact) mass is 376 g/mol. The second-order valence-corrected chi connectivity index (χ2v) is 5.64. The van der Waals surface area contributed by atoms with Crippen molar-refractivity contribution in [3.05, 3.63) is 34.3 Å². The average molecular weight is 378 g/mol. The number of aromatic nitrogens is 2. The molecule has 0 amide bonds. The van der Waals surface area contributed by atoms with Crippen LogP contribution in [0.4, 0.5) is 4.39 Å². The summed E-state index contributed by atoms with van der Waals surface area (Å²) in [6.45, 7) is 2.69. The highest BCUT2D eigenvalue weighted by Crippen LogP contribution is 2.29. The predicted molar refractivity (Wildman–Crippen MR) is 82.9 cm³/mol. The number of piperazine rings is 1. The van der Waals surface area contributed by atoms with Crippen LogP contribution in [0.5, 0.6) is 0 Å². The van der Waals surface area contributed by atoms with E-state index in [1.54, 1.807) is 6.07 Å². The lowest BCUT2D eigenvalue weighted by atomic mass is 10.2. The van der Waals surface area contributed by atoms with E-state index in [1.165, 1.54) is 12.1 Å². The molecule has 21 heavy (non-hydrogen) atoms. The molecular formula is C13H15BrClFN4O. The van der Waals surface area contributed by atoms with Gasteiger partial charge in [0.05, 0.1) is 11.6 Å². The lowest BCUT2D eigenvalue weighted by Crippen LogP contribution is -2.44. The largest absolute Gasteiger partial charge is 0.334 e. The summed E-state index contributed by atoms with van der Waals surface area (Å²) in [5, 5.41) is 7.36. The summed E-state index contributed by atoms with van der Waals surface area (Å²) in [7, 11) is 2.04. The molecule has 2 aromatic rings. The van der Waals surface area contributed by atoms with Crippen LogP contribution in [0.2, 0.25) is 0 Å². The van der Waals surface area contributed by atoms with Gasteiger partial charge in [0, 0.05) is 24.1 Å². The van der Waals surface area contributed by atoms with Crippen molar-refractivity contribution in [1.82, 2.24) is 20.4 Å². The molecule has 1 aliphatic rings. The lowest BCUT2D eigenvalue weighted by molar-refractivity contribution is 0.190. The Kier molecular flexibility index (Phi) is 5.32. The smallest absolute Gasteiger partial charge is 0.259 e. The van der Waals surface area contributed by atoms with Crippen LogP contribution in [-0.4, -0.2) is 41.7 Å². The predicted octanol–water partition coefficient (Wildman–Crippen LogP) is 2.64. The molecule has 1 N–H and O–H groups in total. The average Bonchev–Trinajstić information content (AvgIpc) is 2.88. The Morgan fingerprint density at radius 2 is 2.29 bits per heavy atom. The SMILES string of the molecule is CN1CCNCC1c1noc(-c2ccc(F)cc2Br)n1.Cl. The molecule has 114 valence electrons. The van der Waals surface area contributed by atoms with Crippen molar-refractivity contribution in [2.75, 3.05) is 26.7 Å². The molecule has 1 fully saturated rings. The van der Waals surface area contributed by atoms with Crippen molar-refractivity contribution in [2.45, 2.75) is 6.04 Å². The molecule has 1 aromatic heterocycles. The standard InChI is InChI=1S/C13H14BrFN4O.ClH/c1-19-5-4-16-7-11(19)12-17-13(20-18-12)9-3-2-8(15)6-10(9)14;/h2-3,6,11,16H,4-5,7H2,1H3;1H. The van der Waals surface area contributed by atoms with E-state index in [0.29, 0.717) is 21.8 Å². The van der Waals surface area contributed by atoms with Crippen LogP contribution >= 0.6 is 28.3 Å². The second-order valence-electron chi connectivity index (χ2n) is 4.78. The number of hydrogen-bond donors (Lipinski definition) is 1. The van der Waals surface area contributed by atoms with Crippen LogP contribution in [-0.2, 0) is 0 Å². The molecule has 1 aromatic carbocycles. The summed E-state index contributed by atoms with van der Waals surface area (Å²) in [6, 6.07) is 4.48. The van der Waals surface area contributed by atoms with Crippen LogP contribution < -0.4 is 5.32 Å². The Bertz CT molecular complexity index is 624. The molecule has 0 aliphatic carbocycles. The quantitative estimate of drug-likeness (QED) is 0.872. The van der Waals surface area contributed by atoms with E-state index in [-0.39, 0.29) is 24.3 Å². The van der Waals surface area contributed by atoms with E-state index < -0.39 is 0 Å². The van der Waals surface area contributed by atoms with E-state index in [9.17, 15) is 4.39 Å². The van der Waals surface area contributed by atoms with E-state index in [4.69, 9.17) is 4.52 Å². The lowest BCUT2D eigenvalue weighted by Gasteiger charge is -2.30. The molecule has 1 saturated heterocycles. The zero-order valence-electron chi connectivity index (χ0n) is 11.3. The Hall–Kier alpha value is -1.02. The first-order valence-electron chi connectivity index (χ1n) is 6.35. The first kappa shape index (κ1) is 16.4. The van der Waals surface area contributed by atoms with Gasteiger partial charge in [0.25, 0.3) is 5.89 Å². The van der Waals surface area contributed by atoms with Crippen molar-refractivity contribution >= 4 is 28.3 Å². The van der Waals surface area contributed by atoms with Gasteiger partial charge >= 0.3 is 0 Å². The molecular weight excluding hydrogens is 363 g/mol. The van der Waals surface area contributed by atoms with Gasteiger partial charge in [-0.3, -0.25) is 4.90 Å². The number of hydrogen-bond acceptors (Lipinski definition) is 5. The van der Waals surface area contributed by atoms with Gasteiger partial charge < -0.3 is 9.84 Å². The molecule has 1 atom stereocenters. The third kappa shape index (κ3) is 3.42. The van der Waals surface area contributed by atoms with E-state index in [1.807, 2.05) is 7.05 Å². The Morgan fingerprint density at radius 1 is 1.48 bits per heavy atom. The number of halogens is 3. The number of rotatable bonds is 2. The Labute approximate surface area is 136 Å². The fourth-order valence-corrected chi connectivity index (χ4v) is 2.76. The third-order valence-corrected chi connectivity index (χ3v) is 4.07. The topological polar surface area (TPSA) is 54.2 Å². The zero-order chi connectivity index (χ0) is 14.1. The van der Waals surface area contributed by atoms with Crippen LogP contribution in [0.3, 0.4) is 0 Å². The maximum absolute atomic E-state index is 13.1. The fraction of sp³-hybridized carbons (Fsp3) is 0.385. The number of likely N-dealkylation sites (N-methyl/N-ethyl adjacent to an activating group) is 1. The molecule has 8 heteroatoms. The molecule has 5 nitrogen and oxygen atoms in total. The summed E-state index contributed by atoms with van der Waals surface area (Å²) in [5.41, 5.74) is 0.691. The van der Waals surface area contributed by atoms with Gasteiger partial charge in [0.2, 0.25) is 0 Å². The van der Waals surface area contributed by atoms with Gasteiger partial charge in [0.15, 0.2) is 5.82 Å². The molecule has 2 heterocycles. The third-order valence-electron chi connectivity index (χ3n) is 3.41. The molecule has 0 radical (unpaired) electrons. The summed E-state index contributed by atoms with van der Waals surface area (Å²) < 4.78 is 19.0. The maximum atomic E-state index is 13.1. The van der Waals surface area contributed by atoms with Crippen molar-refractivity contribution in [1.29, 1.82) is 0 Å². The molecule has 0 saturated carbocycles. The minimum atomic E-state index is -0.309. The highest BCUT2D eigenvalue weighted by molar-refractivity contribution is 9.10. The number of nitrogens with zero attached hydrogens (tertiary/aromatic N) is 3. The van der Waals surface area contributed by atoms with Gasteiger partial charge in [-0.2, -0.15) is 4.98 Å². The second kappa shape index (κ2) is 6.83. The first-order chi connectivity index (χ1) is 9.65. The van der Waals surface area contributed by atoms with Crippen LogP contribution in [0.25, 0.3) is 11.5 Å². The first-order valence-corrected chi connectivity index (χ1v) is 7.14. The summed E-state index contributed by atoms with van der Waals surface area (Å²) in [5.74, 6) is 0.730. The fourth-order valence-electron chi connectivity index (χ4n) is 2.24. The van der Waals surface area contributed by atoms with Gasteiger partial charge in [0.1, 0.15) is 5.82 Å². The zero-order valence-corrected chi connectivity index (χ0v) is 13.7. The normalized spacial score (nSPS) is 19.3. The highest BCUT2D eigenvalue weighted by atomic mass is 79.9. The molecule has 0 spiro atoms. The Morgan fingerprint density at radius 3 is 3.00 bits per heavy atom. The van der Waals surface area contributed by atoms with E-state index in [0.717, 1.165) is 19.6 Å². The molecule has 0 bridgehead atoms. The molecule has 1 aliphatic heterocycles. The minimum absolute atomic E-state index is 0. The summed E-state index contributed by atoms with van der Waals surface area (Å²) >= 11 is 3.31. The number of benzene rings is 1. The van der Waals surface area contributed by atoms with E-state index in [2.05, 4.69) is 36.3 Å². The summed E-state index contributed by atoms with van der Waals surface area (Å²) in [4.78, 5) is 6.62. The maximum Gasteiger partial charge on any atom is 0.259 e. The van der Waals surface area contributed by atoms with Gasteiger partial charge in [-0.05, 0) is 41.2 Å². The van der Waals surface area contributed by atoms with Crippen molar-refractivity contribution in [2.24, 2.45) is 0 Å². The minimum Gasteiger partial charge on any atom is -0.334 e. The van der Waals surface area contributed by atoms with Crippen molar-refractivity contribution in [3.63, 3.8) is 0 Å². The molecule has 1 unspecified atom stereocenters. The van der Waals surface area contributed by atoms with Crippen LogP contribution in [0.1, 0.15) is 11.9 Å². The van der Waals surface area contributed by atoms with Gasteiger partial charge in [-0.25, -0.2) is 4.39 Å². The molecule has 3 rings (SSSR count). The van der Waals surface area contributed by atoms with E-state index >= 15 is 0 Å². The Balaban J connectivity index is 0.00000161.